The number of hydrogen-bond donors (Lipinski definition) is 0. The molecular formula is C24H28N4O6. The van der Waals surface area contributed by atoms with Crippen LogP contribution in [0.3, 0.4) is 0 Å². The van der Waals surface area contributed by atoms with E-state index in [2.05, 4.69) is 17.0 Å². The van der Waals surface area contributed by atoms with Gasteiger partial charge in [-0.15, -0.1) is 0 Å². The number of piperazine rings is 1. The van der Waals surface area contributed by atoms with Crippen molar-refractivity contribution in [2.75, 3.05) is 32.8 Å². The molecule has 10 nitrogen and oxygen atoms in total. The molecule has 34 heavy (non-hydrogen) atoms. The quantitative estimate of drug-likeness (QED) is 0.351. The topological polar surface area (TPSA) is 111 Å². The van der Waals surface area contributed by atoms with E-state index in [1.165, 1.54) is 28.3 Å². The molecule has 0 aliphatic carbocycles. The number of carbonyl (C=O) groups is 1. The Hall–Kier alpha value is -3.66. The number of nitro benzene ring substituents is 1. The van der Waals surface area contributed by atoms with Crippen LogP contribution in [0.2, 0.25) is 0 Å². The van der Waals surface area contributed by atoms with Crippen molar-refractivity contribution in [1.82, 2.24) is 14.4 Å². The van der Waals surface area contributed by atoms with E-state index < -0.39 is 10.7 Å². The zero-order valence-electron chi connectivity index (χ0n) is 19.1. The number of nitro groups is 1. The number of benzene rings is 2. The minimum atomic E-state index is -0.578. The van der Waals surface area contributed by atoms with Crippen molar-refractivity contribution in [2.24, 2.45) is 0 Å². The molecule has 1 saturated heterocycles. The number of hydrogen-bond acceptors (Lipinski definition) is 7. The van der Waals surface area contributed by atoms with Gasteiger partial charge in [0, 0.05) is 51.8 Å². The zero-order valence-corrected chi connectivity index (χ0v) is 19.1. The number of aromatic nitrogens is 1. The van der Waals surface area contributed by atoms with E-state index in [0.29, 0.717) is 44.6 Å². The second-order valence-corrected chi connectivity index (χ2v) is 8.27. The summed E-state index contributed by atoms with van der Waals surface area (Å²) in [5.41, 5.74) is 1.75. The van der Waals surface area contributed by atoms with Gasteiger partial charge in [-0.05, 0) is 37.1 Å². The lowest BCUT2D eigenvalue weighted by molar-refractivity contribution is -0.384. The van der Waals surface area contributed by atoms with Crippen LogP contribution in [0.5, 0.6) is 5.75 Å². The molecule has 0 atom stereocenters. The van der Waals surface area contributed by atoms with Crippen LogP contribution >= 0.6 is 0 Å². The second kappa shape index (κ2) is 10.5. The molecule has 180 valence electrons. The van der Waals surface area contributed by atoms with Crippen molar-refractivity contribution < 1.29 is 18.9 Å². The van der Waals surface area contributed by atoms with Crippen LogP contribution in [0.1, 0.15) is 25.3 Å². The minimum absolute atomic E-state index is 0.0669. The van der Waals surface area contributed by atoms with Gasteiger partial charge in [0.25, 0.3) is 5.69 Å². The summed E-state index contributed by atoms with van der Waals surface area (Å²) in [6, 6.07) is 12.2. The normalized spacial score (nSPS) is 14.4. The van der Waals surface area contributed by atoms with Crippen molar-refractivity contribution in [3.05, 3.63) is 68.7 Å². The van der Waals surface area contributed by atoms with Crippen LogP contribution in [-0.4, -0.2) is 58.0 Å². The average Bonchev–Trinajstić information content (AvgIpc) is 3.15. The van der Waals surface area contributed by atoms with E-state index in [1.54, 1.807) is 0 Å². The van der Waals surface area contributed by atoms with Crippen molar-refractivity contribution in [3.8, 4) is 5.75 Å². The molecular weight excluding hydrogens is 440 g/mol. The first-order valence-electron chi connectivity index (χ1n) is 11.4. The molecule has 2 aromatic carbocycles. The molecule has 1 aliphatic heterocycles. The zero-order chi connectivity index (χ0) is 24.1. The molecule has 10 heteroatoms. The maximum absolute atomic E-state index is 12.7. The summed E-state index contributed by atoms with van der Waals surface area (Å²) >= 11 is 0. The van der Waals surface area contributed by atoms with E-state index >= 15 is 0 Å². The second-order valence-electron chi connectivity index (χ2n) is 8.27. The number of fused-ring (bicyclic) bond motifs is 1. The Morgan fingerprint density at radius 1 is 1.12 bits per heavy atom. The van der Waals surface area contributed by atoms with Gasteiger partial charge in [0.05, 0.1) is 23.1 Å². The lowest BCUT2D eigenvalue weighted by Crippen LogP contribution is -2.48. The largest absolute Gasteiger partial charge is 0.494 e. The highest BCUT2D eigenvalue weighted by Crippen LogP contribution is 2.20. The van der Waals surface area contributed by atoms with Crippen LogP contribution in [0.15, 0.2) is 51.7 Å². The van der Waals surface area contributed by atoms with Crippen molar-refractivity contribution >= 4 is 22.7 Å². The van der Waals surface area contributed by atoms with E-state index in [1.807, 2.05) is 24.0 Å². The number of non-ortho nitro benzene ring substituents is 1. The van der Waals surface area contributed by atoms with E-state index in [4.69, 9.17) is 9.15 Å². The highest BCUT2D eigenvalue weighted by molar-refractivity contribution is 5.77. The molecule has 3 aromatic rings. The van der Waals surface area contributed by atoms with Gasteiger partial charge in [-0.3, -0.25) is 24.4 Å². The lowest BCUT2D eigenvalue weighted by atomic mass is 10.2. The maximum atomic E-state index is 12.7. The number of nitrogens with zero attached hydrogens (tertiary/aromatic N) is 4. The van der Waals surface area contributed by atoms with Gasteiger partial charge < -0.3 is 14.1 Å². The maximum Gasteiger partial charge on any atom is 0.419 e. The Morgan fingerprint density at radius 3 is 2.53 bits per heavy atom. The number of rotatable bonds is 9. The smallest absolute Gasteiger partial charge is 0.419 e. The van der Waals surface area contributed by atoms with Crippen molar-refractivity contribution in [3.63, 3.8) is 0 Å². The number of oxazole rings is 1. The fraction of sp³-hybridized carbons (Fsp3) is 0.417. The Morgan fingerprint density at radius 2 is 1.85 bits per heavy atom. The molecule has 2 heterocycles. The van der Waals surface area contributed by atoms with Crippen LogP contribution in [0, 0.1) is 10.1 Å². The number of amides is 1. The Balaban J connectivity index is 1.24. The highest BCUT2D eigenvalue weighted by atomic mass is 16.6. The van der Waals surface area contributed by atoms with Gasteiger partial charge in [0.15, 0.2) is 5.58 Å². The lowest BCUT2D eigenvalue weighted by Gasteiger charge is -2.34. The molecule has 1 aromatic heterocycles. The molecule has 1 fully saturated rings. The minimum Gasteiger partial charge on any atom is -0.494 e. The summed E-state index contributed by atoms with van der Waals surface area (Å²) in [6.45, 7) is 6.73. The van der Waals surface area contributed by atoms with Crippen LogP contribution < -0.4 is 10.5 Å². The van der Waals surface area contributed by atoms with E-state index in [9.17, 15) is 19.7 Å². The highest BCUT2D eigenvalue weighted by Gasteiger charge is 2.21. The standard InChI is InChI=1S/C24H28N4O6/c1-2-33-20-8-5-18(6-9-20)17-25-12-14-26(15-13-25)23(29)4-3-11-27-21-10-7-19(28(31)32)16-22(21)34-24(27)30/h5-10,16H,2-4,11-15,17H2,1H3. The average molecular weight is 469 g/mol. The molecule has 0 spiro atoms. The first-order valence-corrected chi connectivity index (χ1v) is 11.4. The predicted molar refractivity (Wildman–Crippen MR) is 126 cm³/mol. The SMILES string of the molecule is CCOc1ccc(CN2CCN(C(=O)CCCn3c(=O)oc4cc([N+](=O)[O-])ccc43)CC2)cc1. The number of ether oxygens (including phenoxy) is 1. The third-order valence-electron chi connectivity index (χ3n) is 6.00. The van der Waals surface area contributed by atoms with Crippen molar-refractivity contribution in [2.45, 2.75) is 32.9 Å². The molecule has 0 unspecified atom stereocenters. The Kier molecular flexibility index (Phi) is 7.27. The van der Waals surface area contributed by atoms with Gasteiger partial charge >= 0.3 is 5.76 Å². The summed E-state index contributed by atoms with van der Waals surface area (Å²) in [5.74, 6) is 0.358. The van der Waals surface area contributed by atoms with Crippen LogP contribution in [0.25, 0.3) is 11.1 Å². The molecule has 1 aliphatic rings. The van der Waals surface area contributed by atoms with Gasteiger partial charge in [-0.1, -0.05) is 12.1 Å². The number of aryl methyl sites for hydroxylation is 1. The van der Waals surface area contributed by atoms with Gasteiger partial charge in [-0.25, -0.2) is 4.79 Å². The third kappa shape index (κ3) is 5.45. The van der Waals surface area contributed by atoms with Crippen LogP contribution in [0.4, 0.5) is 5.69 Å². The molecule has 0 N–H and O–H groups in total. The van der Waals surface area contributed by atoms with Gasteiger partial charge in [-0.2, -0.15) is 0 Å². The van der Waals surface area contributed by atoms with Gasteiger partial charge in [0.2, 0.25) is 5.91 Å². The van der Waals surface area contributed by atoms with E-state index in [0.717, 1.165) is 25.4 Å². The molecule has 0 bridgehead atoms. The molecule has 1 amide bonds. The third-order valence-corrected chi connectivity index (χ3v) is 6.00. The summed E-state index contributed by atoms with van der Waals surface area (Å²) in [5, 5.41) is 10.9. The summed E-state index contributed by atoms with van der Waals surface area (Å²) in [6.07, 6.45) is 0.807. The van der Waals surface area contributed by atoms with Crippen LogP contribution in [-0.2, 0) is 17.9 Å². The summed E-state index contributed by atoms with van der Waals surface area (Å²) in [7, 11) is 0. The summed E-state index contributed by atoms with van der Waals surface area (Å²) in [4.78, 5) is 39.4. The molecule has 0 radical (unpaired) electrons. The molecule has 0 saturated carbocycles. The Labute approximate surface area is 196 Å². The van der Waals surface area contributed by atoms with Crippen molar-refractivity contribution in [1.29, 1.82) is 0 Å². The molecule has 4 rings (SSSR count). The fourth-order valence-electron chi connectivity index (χ4n) is 4.20. The van der Waals surface area contributed by atoms with Gasteiger partial charge in [0.1, 0.15) is 5.75 Å². The first kappa shape index (κ1) is 23.5. The summed E-state index contributed by atoms with van der Waals surface area (Å²) < 4.78 is 12.0. The Bertz CT molecular complexity index is 1210. The van der Waals surface area contributed by atoms with E-state index in [-0.39, 0.29) is 17.2 Å². The first-order chi connectivity index (χ1) is 16.4. The fourth-order valence-corrected chi connectivity index (χ4v) is 4.20. The predicted octanol–water partition coefficient (Wildman–Crippen LogP) is 3.03. The monoisotopic (exact) mass is 468 g/mol. The number of carbonyl (C=O) groups excluding carboxylic acids is 1.